The first kappa shape index (κ1) is 12.6. The van der Waals surface area contributed by atoms with Gasteiger partial charge in [-0.2, -0.15) is 5.10 Å². The van der Waals surface area contributed by atoms with Crippen molar-refractivity contribution in [3.63, 3.8) is 0 Å². The fourth-order valence-corrected chi connectivity index (χ4v) is 1.78. The number of anilines is 1. The average Bonchev–Trinajstić information content (AvgIpc) is 2.69. The van der Waals surface area contributed by atoms with Crippen LogP contribution >= 0.6 is 11.6 Å². The van der Waals surface area contributed by atoms with Crippen molar-refractivity contribution in [2.24, 2.45) is 7.05 Å². The molecule has 1 N–H and O–H groups in total. The van der Waals surface area contributed by atoms with Crippen LogP contribution in [0.4, 0.5) is 5.69 Å². The second kappa shape index (κ2) is 5.18. The zero-order chi connectivity index (χ0) is 13.1. The van der Waals surface area contributed by atoms with Crippen LogP contribution in [-0.2, 0) is 13.5 Å². The maximum absolute atomic E-state index is 12.0. The number of hydrogen-bond donors (Lipinski definition) is 1. The van der Waals surface area contributed by atoms with Gasteiger partial charge in [0.15, 0.2) is 0 Å². The lowest BCUT2D eigenvalue weighted by molar-refractivity contribution is 0.102. The maximum Gasteiger partial charge on any atom is 0.274 e. The zero-order valence-electron chi connectivity index (χ0n) is 10.1. The average molecular weight is 265 g/mol. The second-order valence-electron chi connectivity index (χ2n) is 3.83. The van der Waals surface area contributed by atoms with Crippen molar-refractivity contribution in [2.75, 3.05) is 5.32 Å². The molecular weight excluding hydrogens is 252 g/mol. The molecule has 0 saturated heterocycles. The molecule has 0 aliphatic carbocycles. The Morgan fingerprint density at radius 2 is 2.33 bits per heavy atom. The van der Waals surface area contributed by atoms with E-state index in [1.54, 1.807) is 16.9 Å². The SMILES string of the molecule is CCc1nn(C)cc1NC(=O)c1cc(Cl)ccn1. The Morgan fingerprint density at radius 1 is 1.56 bits per heavy atom. The number of rotatable bonds is 3. The van der Waals surface area contributed by atoms with Gasteiger partial charge in [0.1, 0.15) is 5.69 Å². The number of amides is 1. The van der Waals surface area contributed by atoms with Gasteiger partial charge in [0.05, 0.1) is 11.4 Å². The quantitative estimate of drug-likeness (QED) is 0.925. The Kier molecular flexibility index (Phi) is 3.62. The van der Waals surface area contributed by atoms with Crippen LogP contribution in [0.2, 0.25) is 5.02 Å². The van der Waals surface area contributed by atoms with Gasteiger partial charge in [-0.25, -0.2) is 0 Å². The lowest BCUT2D eigenvalue weighted by atomic mass is 10.3. The molecule has 0 radical (unpaired) electrons. The first-order valence-corrected chi connectivity index (χ1v) is 5.93. The number of hydrogen-bond acceptors (Lipinski definition) is 3. The predicted octanol–water partition coefficient (Wildman–Crippen LogP) is 2.28. The van der Waals surface area contributed by atoms with E-state index >= 15 is 0 Å². The molecule has 2 rings (SSSR count). The fourth-order valence-electron chi connectivity index (χ4n) is 1.62. The Hall–Kier alpha value is -1.88. The van der Waals surface area contributed by atoms with Crippen LogP contribution < -0.4 is 5.32 Å². The molecule has 0 bridgehead atoms. The highest BCUT2D eigenvalue weighted by molar-refractivity contribution is 6.30. The molecule has 1 amide bonds. The summed E-state index contributed by atoms with van der Waals surface area (Å²) in [6.07, 6.45) is 4.02. The van der Waals surface area contributed by atoms with Crippen LogP contribution in [0, 0.1) is 0 Å². The van der Waals surface area contributed by atoms with Gasteiger partial charge >= 0.3 is 0 Å². The molecule has 0 aliphatic heterocycles. The third-order valence-corrected chi connectivity index (χ3v) is 2.68. The fraction of sp³-hybridized carbons (Fsp3) is 0.250. The maximum atomic E-state index is 12.0. The topological polar surface area (TPSA) is 59.8 Å². The van der Waals surface area contributed by atoms with Crippen LogP contribution in [-0.4, -0.2) is 20.7 Å². The van der Waals surface area contributed by atoms with Crippen LogP contribution in [0.5, 0.6) is 0 Å². The van der Waals surface area contributed by atoms with Crippen molar-refractivity contribution < 1.29 is 4.79 Å². The van der Waals surface area contributed by atoms with Gasteiger partial charge in [-0.05, 0) is 18.6 Å². The summed E-state index contributed by atoms with van der Waals surface area (Å²) < 4.78 is 1.67. The molecule has 0 atom stereocenters. The van der Waals surface area contributed by atoms with E-state index in [1.165, 1.54) is 12.3 Å². The zero-order valence-corrected chi connectivity index (χ0v) is 10.9. The molecule has 0 saturated carbocycles. The normalized spacial score (nSPS) is 10.4. The van der Waals surface area contributed by atoms with Crippen molar-refractivity contribution in [3.8, 4) is 0 Å². The highest BCUT2D eigenvalue weighted by atomic mass is 35.5. The van der Waals surface area contributed by atoms with E-state index in [0.717, 1.165) is 12.1 Å². The van der Waals surface area contributed by atoms with Crippen molar-refractivity contribution in [3.05, 3.63) is 40.9 Å². The Labute approximate surface area is 110 Å². The predicted molar refractivity (Wildman–Crippen MR) is 69.8 cm³/mol. The summed E-state index contributed by atoms with van der Waals surface area (Å²) in [7, 11) is 1.81. The van der Waals surface area contributed by atoms with Gasteiger partial charge in [-0.3, -0.25) is 14.5 Å². The smallest absolute Gasteiger partial charge is 0.274 e. The molecule has 0 fully saturated rings. The molecule has 0 aromatic carbocycles. The molecule has 94 valence electrons. The van der Waals surface area contributed by atoms with E-state index in [0.29, 0.717) is 10.7 Å². The van der Waals surface area contributed by atoms with E-state index in [1.807, 2.05) is 14.0 Å². The highest BCUT2D eigenvalue weighted by Crippen LogP contribution is 2.15. The third-order valence-electron chi connectivity index (χ3n) is 2.44. The molecule has 0 unspecified atom stereocenters. The monoisotopic (exact) mass is 264 g/mol. The summed E-state index contributed by atoms with van der Waals surface area (Å²) in [6, 6.07) is 3.15. The lowest BCUT2D eigenvalue weighted by Crippen LogP contribution is -2.14. The van der Waals surface area contributed by atoms with E-state index < -0.39 is 0 Å². The standard InChI is InChI=1S/C12H13ClN4O/c1-3-9-11(7-17(2)16-9)15-12(18)10-6-8(13)4-5-14-10/h4-7H,3H2,1-2H3,(H,15,18). The number of nitrogens with zero attached hydrogens (tertiary/aromatic N) is 3. The summed E-state index contributed by atoms with van der Waals surface area (Å²) in [5.41, 5.74) is 1.83. The molecule has 2 aromatic rings. The second-order valence-corrected chi connectivity index (χ2v) is 4.27. The molecule has 0 aliphatic rings. The Balaban J connectivity index is 2.21. The number of aryl methyl sites for hydroxylation is 2. The number of carbonyl (C=O) groups is 1. The Morgan fingerprint density at radius 3 is 3.00 bits per heavy atom. The molecule has 2 heterocycles. The van der Waals surface area contributed by atoms with E-state index in [2.05, 4.69) is 15.4 Å². The minimum atomic E-state index is -0.291. The van der Waals surface area contributed by atoms with E-state index in [4.69, 9.17) is 11.6 Å². The summed E-state index contributed by atoms with van der Waals surface area (Å²) in [4.78, 5) is 15.9. The molecule has 0 spiro atoms. The van der Waals surface area contributed by atoms with Gasteiger partial charge in [0.2, 0.25) is 0 Å². The first-order chi connectivity index (χ1) is 8.60. The number of halogens is 1. The largest absolute Gasteiger partial charge is 0.318 e. The lowest BCUT2D eigenvalue weighted by Gasteiger charge is -2.03. The van der Waals surface area contributed by atoms with Gasteiger partial charge in [0.25, 0.3) is 5.91 Å². The number of carbonyl (C=O) groups excluding carboxylic acids is 1. The minimum Gasteiger partial charge on any atom is -0.318 e. The summed E-state index contributed by atoms with van der Waals surface area (Å²) in [5, 5.41) is 7.51. The van der Waals surface area contributed by atoms with Gasteiger partial charge in [-0.15, -0.1) is 0 Å². The molecule has 2 aromatic heterocycles. The van der Waals surface area contributed by atoms with Crippen LogP contribution in [0.25, 0.3) is 0 Å². The van der Waals surface area contributed by atoms with Crippen molar-refractivity contribution in [2.45, 2.75) is 13.3 Å². The number of pyridine rings is 1. The summed E-state index contributed by atoms with van der Waals surface area (Å²) >= 11 is 5.82. The van der Waals surface area contributed by atoms with Gasteiger partial charge < -0.3 is 5.32 Å². The van der Waals surface area contributed by atoms with Crippen molar-refractivity contribution >= 4 is 23.2 Å². The van der Waals surface area contributed by atoms with Crippen LogP contribution in [0.3, 0.4) is 0 Å². The molecule has 18 heavy (non-hydrogen) atoms. The van der Waals surface area contributed by atoms with Crippen molar-refractivity contribution in [1.82, 2.24) is 14.8 Å². The van der Waals surface area contributed by atoms with Crippen molar-refractivity contribution in [1.29, 1.82) is 0 Å². The highest BCUT2D eigenvalue weighted by Gasteiger charge is 2.12. The van der Waals surface area contributed by atoms with E-state index in [-0.39, 0.29) is 11.6 Å². The molecule has 6 heteroatoms. The Bertz CT molecular complexity index is 579. The third kappa shape index (κ3) is 2.68. The first-order valence-electron chi connectivity index (χ1n) is 5.55. The van der Waals surface area contributed by atoms with Gasteiger partial charge in [-0.1, -0.05) is 18.5 Å². The molecule has 5 nitrogen and oxygen atoms in total. The number of nitrogens with one attached hydrogen (secondary N) is 1. The van der Waals surface area contributed by atoms with Crippen LogP contribution in [0.1, 0.15) is 23.1 Å². The van der Waals surface area contributed by atoms with Gasteiger partial charge in [0, 0.05) is 24.5 Å². The molecular formula is C12H13ClN4O. The minimum absolute atomic E-state index is 0.286. The van der Waals surface area contributed by atoms with Crippen LogP contribution in [0.15, 0.2) is 24.5 Å². The summed E-state index contributed by atoms with van der Waals surface area (Å²) in [6.45, 7) is 1.98. The van der Waals surface area contributed by atoms with E-state index in [9.17, 15) is 4.79 Å². The number of aromatic nitrogens is 3. The summed E-state index contributed by atoms with van der Waals surface area (Å²) in [5.74, 6) is -0.291.